The van der Waals surface area contributed by atoms with Crippen molar-refractivity contribution in [2.24, 2.45) is 5.92 Å². The van der Waals surface area contributed by atoms with Crippen LogP contribution >= 0.6 is 0 Å². The number of fused-ring (bicyclic) bond motifs is 1. The fraction of sp³-hybridized carbons (Fsp3) is 0.471. The molecule has 0 unspecified atom stereocenters. The van der Waals surface area contributed by atoms with Crippen LogP contribution < -0.4 is 11.3 Å². The molecule has 1 aliphatic rings. The van der Waals surface area contributed by atoms with Crippen LogP contribution in [0, 0.1) is 5.92 Å². The van der Waals surface area contributed by atoms with Crippen molar-refractivity contribution in [2.45, 2.75) is 38.5 Å². The summed E-state index contributed by atoms with van der Waals surface area (Å²) in [6.07, 6.45) is 9.00. The summed E-state index contributed by atoms with van der Waals surface area (Å²) in [5.74, 6) is 0.822. The first-order chi connectivity index (χ1) is 11.2. The highest BCUT2D eigenvalue weighted by Gasteiger charge is 2.20. The van der Waals surface area contributed by atoms with E-state index in [4.69, 9.17) is 4.42 Å². The van der Waals surface area contributed by atoms with E-state index in [-0.39, 0.29) is 12.1 Å². The molecule has 6 heteroatoms. The molecule has 3 rings (SSSR count). The molecule has 2 heterocycles. The van der Waals surface area contributed by atoms with E-state index in [9.17, 15) is 14.0 Å². The standard InChI is InChI=1S/C17H19FN2O3/c18-9-2-1-6-13-15-12(5-3-4-11-7-8-11)10-14(21)23-16(15)20-17(22)19-13/h1,6,10-11H,2-5,7-9H2,(H,19,20,22)/b6-1-. The summed E-state index contributed by atoms with van der Waals surface area (Å²) in [5.41, 5.74) is 0.285. The van der Waals surface area contributed by atoms with Crippen LogP contribution in [0.2, 0.25) is 0 Å². The molecule has 0 aliphatic heterocycles. The van der Waals surface area contributed by atoms with Gasteiger partial charge in [0.25, 0.3) is 0 Å². The van der Waals surface area contributed by atoms with Crippen LogP contribution in [0.1, 0.15) is 43.4 Å². The van der Waals surface area contributed by atoms with E-state index in [1.54, 1.807) is 12.2 Å². The zero-order valence-corrected chi connectivity index (χ0v) is 12.8. The summed E-state index contributed by atoms with van der Waals surface area (Å²) >= 11 is 0. The number of rotatable bonds is 7. The van der Waals surface area contributed by atoms with Crippen LogP contribution in [-0.2, 0) is 6.42 Å². The molecule has 1 N–H and O–H groups in total. The lowest BCUT2D eigenvalue weighted by Crippen LogP contribution is -2.14. The second-order valence-corrected chi connectivity index (χ2v) is 5.94. The topological polar surface area (TPSA) is 76.0 Å². The van der Waals surface area contributed by atoms with Gasteiger partial charge in [0.15, 0.2) is 0 Å². The summed E-state index contributed by atoms with van der Waals surface area (Å²) in [6, 6.07) is 1.46. The predicted molar refractivity (Wildman–Crippen MR) is 86.2 cm³/mol. The minimum absolute atomic E-state index is 0.0440. The van der Waals surface area contributed by atoms with Crippen molar-refractivity contribution in [3.05, 3.63) is 44.3 Å². The molecule has 0 radical (unpaired) electrons. The van der Waals surface area contributed by atoms with Crippen molar-refractivity contribution >= 4 is 17.2 Å². The van der Waals surface area contributed by atoms with Gasteiger partial charge in [-0.25, -0.2) is 9.59 Å². The third-order valence-electron chi connectivity index (χ3n) is 4.05. The quantitative estimate of drug-likeness (QED) is 0.851. The molecule has 0 spiro atoms. The van der Waals surface area contributed by atoms with Crippen LogP contribution in [0.5, 0.6) is 0 Å². The number of nitrogens with one attached hydrogen (secondary N) is 1. The van der Waals surface area contributed by atoms with E-state index >= 15 is 0 Å². The van der Waals surface area contributed by atoms with Gasteiger partial charge in [-0.1, -0.05) is 25.3 Å². The summed E-state index contributed by atoms with van der Waals surface area (Å²) < 4.78 is 17.3. The smallest absolute Gasteiger partial charge is 0.348 e. The molecule has 5 nitrogen and oxygen atoms in total. The lowest BCUT2D eigenvalue weighted by Gasteiger charge is -2.07. The average Bonchev–Trinajstić information content (AvgIpc) is 3.30. The van der Waals surface area contributed by atoms with Crippen LogP contribution in [0.4, 0.5) is 4.39 Å². The van der Waals surface area contributed by atoms with E-state index in [1.807, 2.05) is 0 Å². The van der Waals surface area contributed by atoms with Crippen LogP contribution in [-0.4, -0.2) is 16.6 Å². The minimum Gasteiger partial charge on any atom is -0.403 e. The number of halogens is 1. The normalized spacial score (nSPS) is 14.8. The molecule has 23 heavy (non-hydrogen) atoms. The molecular formula is C17H19FN2O3. The van der Waals surface area contributed by atoms with Crippen LogP contribution in [0.25, 0.3) is 17.2 Å². The van der Waals surface area contributed by atoms with Gasteiger partial charge in [0.1, 0.15) is 0 Å². The van der Waals surface area contributed by atoms with Crippen molar-refractivity contribution in [1.29, 1.82) is 0 Å². The van der Waals surface area contributed by atoms with E-state index < -0.39 is 18.0 Å². The first-order valence-electron chi connectivity index (χ1n) is 7.97. The number of H-pyrrole nitrogens is 1. The number of aromatic amines is 1. The molecule has 2 aromatic rings. The molecule has 0 aromatic carbocycles. The van der Waals surface area contributed by atoms with Crippen LogP contribution in [0.15, 0.2) is 26.1 Å². The lowest BCUT2D eigenvalue weighted by molar-refractivity contribution is 0.501. The van der Waals surface area contributed by atoms with Crippen molar-refractivity contribution < 1.29 is 8.81 Å². The maximum atomic E-state index is 12.3. The first kappa shape index (κ1) is 15.6. The van der Waals surface area contributed by atoms with E-state index in [0.717, 1.165) is 30.7 Å². The van der Waals surface area contributed by atoms with Gasteiger partial charge in [0, 0.05) is 6.07 Å². The minimum atomic E-state index is -0.587. The Labute approximate surface area is 132 Å². The Bertz CT molecular complexity index is 829. The summed E-state index contributed by atoms with van der Waals surface area (Å²) in [4.78, 5) is 29.7. The molecular weight excluding hydrogens is 299 g/mol. The van der Waals surface area contributed by atoms with Gasteiger partial charge in [-0.15, -0.1) is 0 Å². The average molecular weight is 318 g/mol. The molecule has 0 saturated heterocycles. The number of hydrogen-bond acceptors (Lipinski definition) is 4. The third kappa shape index (κ3) is 3.94. The Balaban J connectivity index is 2.01. The number of aryl methyl sites for hydroxylation is 1. The van der Waals surface area contributed by atoms with E-state index in [0.29, 0.717) is 11.1 Å². The van der Waals surface area contributed by atoms with Gasteiger partial charge in [-0.05, 0) is 36.8 Å². The Morgan fingerprint density at radius 2 is 2.22 bits per heavy atom. The van der Waals surface area contributed by atoms with E-state index in [2.05, 4.69) is 9.97 Å². The van der Waals surface area contributed by atoms with Gasteiger partial charge < -0.3 is 9.40 Å². The molecule has 0 bridgehead atoms. The Morgan fingerprint density at radius 1 is 1.39 bits per heavy atom. The molecule has 1 fully saturated rings. The molecule has 1 aliphatic carbocycles. The predicted octanol–water partition coefficient (Wildman–Crippen LogP) is 2.98. The number of alkyl halides is 1. The molecule has 1 saturated carbocycles. The molecule has 122 valence electrons. The van der Waals surface area contributed by atoms with Crippen LogP contribution in [0.3, 0.4) is 0 Å². The number of aromatic nitrogens is 2. The second-order valence-electron chi connectivity index (χ2n) is 5.94. The second kappa shape index (κ2) is 6.89. The highest BCUT2D eigenvalue weighted by atomic mass is 19.1. The van der Waals surface area contributed by atoms with Crippen molar-refractivity contribution in [2.75, 3.05) is 6.67 Å². The maximum absolute atomic E-state index is 12.3. The molecule has 0 atom stereocenters. The lowest BCUT2D eigenvalue weighted by atomic mass is 10.0. The molecule has 2 aromatic heterocycles. The summed E-state index contributed by atoms with van der Waals surface area (Å²) in [7, 11) is 0. The fourth-order valence-corrected chi connectivity index (χ4v) is 2.77. The summed E-state index contributed by atoms with van der Waals surface area (Å²) in [5, 5.41) is 0.634. The van der Waals surface area contributed by atoms with Gasteiger partial charge in [0.05, 0.1) is 17.8 Å². The van der Waals surface area contributed by atoms with Gasteiger partial charge in [0.2, 0.25) is 5.71 Å². The summed E-state index contributed by atoms with van der Waals surface area (Å²) in [6.45, 7) is -0.465. The Hall–Kier alpha value is -2.24. The largest absolute Gasteiger partial charge is 0.403 e. The zero-order valence-electron chi connectivity index (χ0n) is 12.8. The Kier molecular flexibility index (Phi) is 4.69. The number of hydrogen-bond donors (Lipinski definition) is 1. The number of nitrogens with zero attached hydrogens (tertiary/aromatic N) is 1. The Morgan fingerprint density at radius 3 is 2.96 bits per heavy atom. The highest BCUT2D eigenvalue weighted by Crippen LogP contribution is 2.34. The van der Waals surface area contributed by atoms with Crippen molar-refractivity contribution in [3.63, 3.8) is 0 Å². The van der Waals surface area contributed by atoms with Gasteiger partial charge in [-0.3, -0.25) is 4.39 Å². The van der Waals surface area contributed by atoms with Crippen molar-refractivity contribution in [3.8, 4) is 0 Å². The first-order valence-corrected chi connectivity index (χ1v) is 7.97. The van der Waals surface area contributed by atoms with Gasteiger partial charge >= 0.3 is 11.3 Å². The number of allylic oxidation sites excluding steroid dienone is 1. The van der Waals surface area contributed by atoms with E-state index in [1.165, 1.54) is 18.9 Å². The highest BCUT2D eigenvalue weighted by molar-refractivity contribution is 5.85. The SMILES string of the molecule is O=c1nc2oc(=O)cc(CCCC3CC3)c2c(/C=C\CCF)[nH]1. The maximum Gasteiger partial charge on any atom is 0.348 e. The molecule has 0 amide bonds. The monoisotopic (exact) mass is 318 g/mol. The third-order valence-corrected chi connectivity index (χ3v) is 4.05. The zero-order chi connectivity index (χ0) is 16.2. The van der Waals surface area contributed by atoms with Crippen molar-refractivity contribution in [1.82, 2.24) is 9.97 Å². The van der Waals surface area contributed by atoms with Gasteiger partial charge in [-0.2, -0.15) is 4.98 Å². The fourth-order valence-electron chi connectivity index (χ4n) is 2.77.